The lowest BCUT2D eigenvalue weighted by atomic mass is 10.0. The van der Waals surface area contributed by atoms with Crippen LogP contribution in [0.25, 0.3) is 0 Å². The maximum atomic E-state index is 14.0. The normalized spacial score (nSPS) is 20.0. The number of carbonyl (C=O) groups excluding carboxylic acids is 2. The van der Waals surface area contributed by atoms with Crippen molar-refractivity contribution in [2.75, 3.05) is 33.1 Å². The molecule has 0 spiro atoms. The van der Waals surface area contributed by atoms with Crippen molar-refractivity contribution >= 4 is 23.6 Å². The van der Waals surface area contributed by atoms with Crippen molar-refractivity contribution in [3.05, 3.63) is 95.6 Å². The van der Waals surface area contributed by atoms with Crippen LogP contribution in [0.4, 0.5) is 0 Å². The van der Waals surface area contributed by atoms with Gasteiger partial charge in [-0.3, -0.25) is 14.5 Å². The summed E-state index contributed by atoms with van der Waals surface area (Å²) in [5.41, 5.74) is 2.73. The van der Waals surface area contributed by atoms with E-state index in [4.69, 9.17) is 9.47 Å². The number of benzene rings is 3. The van der Waals surface area contributed by atoms with Crippen LogP contribution in [-0.4, -0.2) is 66.8 Å². The highest BCUT2D eigenvalue weighted by molar-refractivity contribution is 7.99. The van der Waals surface area contributed by atoms with Gasteiger partial charge >= 0.3 is 0 Å². The first-order valence-corrected chi connectivity index (χ1v) is 14.4. The number of carbonyl (C=O) groups is 2. The average molecular weight is 546 g/mol. The standard InChI is InChI=1S/C31H35N3O4S/c1-37-26-17-24(18-27(19-26)38-2)30(36)34-28(21-39-31(34)23-11-7-4-8-12-23)29(35)32-25-13-15-33(16-14-25)20-22-9-5-3-6-10-22/h3-12,17-19,25,28,31H,13-16,20-21H2,1-2H3,(H,32,35). The summed E-state index contributed by atoms with van der Waals surface area (Å²) in [6.07, 6.45) is 1.78. The number of rotatable bonds is 8. The van der Waals surface area contributed by atoms with Crippen molar-refractivity contribution in [1.29, 1.82) is 0 Å². The molecular weight excluding hydrogens is 510 g/mol. The maximum absolute atomic E-state index is 14.0. The quantitative estimate of drug-likeness (QED) is 0.441. The Kier molecular flexibility index (Phi) is 8.74. The minimum absolute atomic E-state index is 0.0920. The molecule has 2 heterocycles. The SMILES string of the molecule is COc1cc(OC)cc(C(=O)N2C(C(=O)NC3CCN(Cc4ccccc4)CC3)CSC2c2ccccc2)c1. The highest BCUT2D eigenvalue weighted by Crippen LogP contribution is 2.42. The molecule has 3 aromatic rings. The molecule has 0 saturated carbocycles. The van der Waals surface area contributed by atoms with Gasteiger partial charge in [-0.2, -0.15) is 0 Å². The zero-order chi connectivity index (χ0) is 27.2. The summed E-state index contributed by atoms with van der Waals surface area (Å²) >= 11 is 1.62. The molecule has 2 aliphatic rings. The molecule has 39 heavy (non-hydrogen) atoms. The first-order valence-electron chi connectivity index (χ1n) is 13.3. The Morgan fingerprint density at radius 1 is 0.897 bits per heavy atom. The molecule has 1 N–H and O–H groups in total. The smallest absolute Gasteiger partial charge is 0.256 e. The van der Waals surface area contributed by atoms with Gasteiger partial charge in [0.15, 0.2) is 0 Å². The van der Waals surface area contributed by atoms with Crippen LogP contribution in [0, 0.1) is 0 Å². The van der Waals surface area contributed by atoms with Crippen molar-refractivity contribution < 1.29 is 19.1 Å². The number of nitrogens with one attached hydrogen (secondary N) is 1. The van der Waals surface area contributed by atoms with Crippen molar-refractivity contribution in [2.24, 2.45) is 0 Å². The van der Waals surface area contributed by atoms with Gasteiger partial charge in [0.2, 0.25) is 5.91 Å². The summed E-state index contributed by atoms with van der Waals surface area (Å²) in [7, 11) is 3.12. The molecule has 2 saturated heterocycles. The number of thioether (sulfide) groups is 1. The lowest BCUT2D eigenvalue weighted by Crippen LogP contribution is -2.52. The zero-order valence-electron chi connectivity index (χ0n) is 22.4. The number of amides is 2. The average Bonchev–Trinajstić information content (AvgIpc) is 3.44. The van der Waals surface area contributed by atoms with Crippen LogP contribution < -0.4 is 14.8 Å². The summed E-state index contributed by atoms with van der Waals surface area (Å²) < 4.78 is 10.8. The summed E-state index contributed by atoms with van der Waals surface area (Å²) in [6.45, 7) is 2.78. The molecule has 2 fully saturated rings. The number of hydrogen-bond acceptors (Lipinski definition) is 6. The minimum Gasteiger partial charge on any atom is -0.497 e. The van der Waals surface area contributed by atoms with Gasteiger partial charge < -0.3 is 19.7 Å². The van der Waals surface area contributed by atoms with E-state index in [-0.39, 0.29) is 23.2 Å². The highest BCUT2D eigenvalue weighted by atomic mass is 32.2. The number of likely N-dealkylation sites (tertiary alicyclic amines) is 1. The maximum Gasteiger partial charge on any atom is 0.256 e. The van der Waals surface area contributed by atoms with Crippen LogP contribution in [0.2, 0.25) is 0 Å². The molecule has 7 nitrogen and oxygen atoms in total. The third-order valence-electron chi connectivity index (χ3n) is 7.40. The molecule has 5 rings (SSSR count). The summed E-state index contributed by atoms with van der Waals surface area (Å²) in [5, 5.41) is 3.01. The Hall–Kier alpha value is -3.49. The van der Waals surface area contributed by atoms with Crippen molar-refractivity contribution in [1.82, 2.24) is 15.1 Å². The van der Waals surface area contributed by atoms with Gasteiger partial charge in [-0.15, -0.1) is 11.8 Å². The van der Waals surface area contributed by atoms with E-state index in [0.717, 1.165) is 38.0 Å². The summed E-state index contributed by atoms with van der Waals surface area (Å²) in [6, 6.07) is 25.0. The topological polar surface area (TPSA) is 71.1 Å². The van der Waals surface area contributed by atoms with E-state index in [1.165, 1.54) is 5.56 Å². The van der Waals surface area contributed by atoms with E-state index < -0.39 is 6.04 Å². The molecule has 204 valence electrons. The molecule has 2 aliphatic heterocycles. The largest absolute Gasteiger partial charge is 0.497 e. The molecule has 0 radical (unpaired) electrons. The molecule has 0 bridgehead atoms. The number of nitrogens with zero attached hydrogens (tertiary/aromatic N) is 2. The highest BCUT2D eigenvalue weighted by Gasteiger charge is 2.43. The zero-order valence-corrected chi connectivity index (χ0v) is 23.2. The molecule has 0 aromatic heterocycles. The predicted molar refractivity (Wildman–Crippen MR) is 154 cm³/mol. The van der Waals surface area contributed by atoms with Crippen molar-refractivity contribution in [3.8, 4) is 11.5 Å². The number of methoxy groups -OCH3 is 2. The summed E-state index contributed by atoms with van der Waals surface area (Å²) in [5.74, 6) is 1.29. The van der Waals surface area contributed by atoms with E-state index in [1.807, 2.05) is 36.4 Å². The lowest BCUT2D eigenvalue weighted by Gasteiger charge is -2.34. The minimum atomic E-state index is -0.577. The van der Waals surface area contributed by atoms with Gasteiger partial charge in [0.05, 0.1) is 14.2 Å². The fourth-order valence-corrected chi connectivity index (χ4v) is 6.71. The van der Waals surface area contributed by atoms with Crippen LogP contribution in [0.15, 0.2) is 78.9 Å². The van der Waals surface area contributed by atoms with Crippen LogP contribution in [-0.2, 0) is 11.3 Å². The van der Waals surface area contributed by atoms with Crippen LogP contribution in [0.3, 0.4) is 0 Å². The van der Waals surface area contributed by atoms with Crippen molar-refractivity contribution in [3.63, 3.8) is 0 Å². The molecule has 2 atom stereocenters. The second-order valence-corrected chi connectivity index (χ2v) is 11.1. The molecule has 8 heteroatoms. The van der Waals surface area contributed by atoms with Gasteiger partial charge in [0.1, 0.15) is 22.9 Å². The third kappa shape index (κ3) is 6.40. The van der Waals surface area contributed by atoms with Crippen molar-refractivity contribution in [2.45, 2.75) is 36.8 Å². The monoisotopic (exact) mass is 545 g/mol. The van der Waals surface area contributed by atoms with E-state index in [0.29, 0.717) is 22.8 Å². The Morgan fingerprint density at radius 3 is 2.13 bits per heavy atom. The first-order chi connectivity index (χ1) is 19.1. The van der Waals surface area contributed by atoms with E-state index in [2.05, 4.69) is 34.5 Å². The molecule has 0 aliphatic carbocycles. The third-order valence-corrected chi connectivity index (χ3v) is 8.73. The second kappa shape index (κ2) is 12.6. The Labute approximate surface area is 234 Å². The molecule has 2 amide bonds. The Bertz CT molecular complexity index is 1240. The predicted octanol–water partition coefficient (Wildman–Crippen LogP) is 4.74. The van der Waals surface area contributed by atoms with Crippen LogP contribution in [0.5, 0.6) is 11.5 Å². The van der Waals surface area contributed by atoms with Crippen LogP contribution in [0.1, 0.15) is 39.7 Å². The molecular formula is C31H35N3O4S. The van der Waals surface area contributed by atoms with Gasteiger partial charge in [-0.05, 0) is 36.1 Å². The number of hydrogen-bond donors (Lipinski definition) is 1. The molecule has 2 unspecified atom stereocenters. The lowest BCUT2D eigenvalue weighted by molar-refractivity contribution is -0.125. The number of ether oxygens (including phenoxy) is 2. The first kappa shape index (κ1) is 27.1. The van der Waals surface area contributed by atoms with E-state index >= 15 is 0 Å². The second-order valence-electron chi connectivity index (χ2n) is 9.97. The fraction of sp³-hybridized carbons (Fsp3) is 0.355. The van der Waals surface area contributed by atoms with Gasteiger partial charge in [0, 0.05) is 43.1 Å². The number of piperidine rings is 1. The molecule has 3 aromatic carbocycles. The Balaban J connectivity index is 1.31. The summed E-state index contributed by atoms with van der Waals surface area (Å²) in [4.78, 5) is 31.8. The van der Waals surface area contributed by atoms with Gasteiger partial charge in [-0.25, -0.2) is 0 Å². The van der Waals surface area contributed by atoms with Gasteiger partial charge in [-0.1, -0.05) is 60.7 Å². The van der Waals surface area contributed by atoms with E-state index in [9.17, 15) is 9.59 Å². The van der Waals surface area contributed by atoms with E-state index in [1.54, 1.807) is 49.1 Å². The Morgan fingerprint density at radius 2 is 1.51 bits per heavy atom. The van der Waals surface area contributed by atoms with Gasteiger partial charge in [0.25, 0.3) is 5.91 Å². The fourth-order valence-electron chi connectivity index (χ4n) is 5.29. The van der Waals surface area contributed by atoms with Crippen LogP contribution >= 0.6 is 11.8 Å².